The van der Waals surface area contributed by atoms with Crippen molar-refractivity contribution in [3.63, 3.8) is 0 Å². The van der Waals surface area contributed by atoms with E-state index in [2.05, 4.69) is 0 Å². The van der Waals surface area contributed by atoms with E-state index >= 15 is 0 Å². The summed E-state index contributed by atoms with van der Waals surface area (Å²) >= 11 is 6.87. The number of amides is 1. The van der Waals surface area contributed by atoms with E-state index in [1.54, 1.807) is 34.7 Å². The number of nitro benzene ring substituents is 1. The molecular formula is C26H24N4O4S2. The number of carbonyl (C=O) groups excluding carboxylic acids is 1. The second-order valence-electron chi connectivity index (χ2n) is 8.56. The summed E-state index contributed by atoms with van der Waals surface area (Å²) in [6.45, 7) is 2.10. The minimum absolute atomic E-state index is 0.0732. The van der Waals surface area contributed by atoms with Gasteiger partial charge in [-0.15, -0.1) is 0 Å². The molecule has 1 saturated heterocycles. The van der Waals surface area contributed by atoms with Crippen LogP contribution in [0, 0.1) is 10.1 Å². The quantitative estimate of drug-likeness (QED) is 0.164. The highest BCUT2D eigenvalue weighted by Crippen LogP contribution is 2.39. The van der Waals surface area contributed by atoms with Crippen molar-refractivity contribution < 1.29 is 14.5 Å². The molecule has 1 aliphatic heterocycles. The van der Waals surface area contributed by atoms with Crippen LogP contribution in [0.2, 0.25) is 0 Å². The number of carbonyl (C=O) groups is 1. The van der Waals surface area contributed by atoms with Gasteiger partial charge in [-0.3, -0.25) is 19.8 Å². The molecule has 3 aromatic rings. The second kappa shape index (κ2) is 10.2. The summed E-state index contributed by atoms with van der Waals surface area (Å²) in [6.07, 6.45) is 5.98. The normalized spacial score (nSPS) is 17.4. The summed E-state index contributed by atoms with van der Waals surface area (Å²) < 4.78 is 7.74. The molecule has 0 radical (unpaired) electrons. The van der Waals surface area contributed by atoms with Crippen molar-refractivity contribution in [1.82, 2.24) is 14.7 Å². The molecule has 2 aliphatic rings. The number of ether oxygens (including phenoxy) is 1. The van der Waals surface area contributed by atoms with E-state index in [9.17, 15) is 14.9 Å². The van der Waals surface area contributed by atoms with Crippen molar-refractivity contribution >= 4 is 46.0 Å². The highest BCUT2D eigenvalue weighted by atomic mass is 32.2. The molecule has 0 bridgehead atoms. The summed E-state index contributed by atoms with van der Waals surface area (Å²) in [5.74, 6) is 0.139. The summed E-state index contributed by atoms with van der Waals surface area (Å²) in [4.78, 5) is 26.8. The van der Waals surface area contributed by atoms with Crippen molar-refractivity contribution in [3.8, 4) is 22.7 Å². The molecule has 10 heteroatoms. The van der Waals surface area contributed by atoms with E-state index in [-0.39, 0.29) is 23.4 Å². The first kappa shape index (κ1) is 24.2. The average molecular weight is 521 g/mol. The van der Waals surface area contributed by atoms with Crippen molar-refractivity contribution in [2.45, 2.75) is 38.6 Å². The topological polar surface area (TPSA) is 90.5 Å². The van der Waals surface area contributed by atoms with Gasteiger partial charge in [0.2, 0.25) is 0 Å². The first-order chi connectivity index (χ1) is 17.5. The zero-order valence-electron chi connectivity index (χ0n) is 19.6. The van der Waals surface area contributed by atoms with Crippen LogP contribution in [-0.4, -0.2) is 42.5 Å². The van der Waals surface area contributed by atoms with E-state index in [0.717, 1.165) is 31.4 Å². The summed E-state index contributed by atoms with van der Waals surface area (Å²) in [7, 11) is 0. The number of aromatic nitrogens is 2. The Morgan fingerprint density at radius 1 is 1.19 bits per heavy atom. The predicted molar refractivity (Wildman–Crippen MR) is 144 cm³/mol. The maximum absolute atomic E-state index is 13.3. The molecule has 2 heterocycles. The number of para-hydroxylation sites is 1. The fourth-order valence-corrected chi connectivity index (χ4v) is 5.99. The third-order valence-electron chi connectivity index (χ3n) is 6.28. The molecule has 0 unspecified atom stereocenters. The van der Waals surface area contributed by atoms with E-state index in [0.29, 0.717) is 32.8 Å². The number of rotatable bonds is 7. The number of hydrogen-bond donors (Lipinski definition) is 0. The summed E-state index contributed by atoms with van der Waals surface area (Å²) in [5, 5.41) is 16.4. The predicted octanol–water partition coefficient (Wildman–Crippen LogP) is 5.99. The molecule has 0 atom stereocenters. The van der Waals surface area contributed by atoms with Crippen LogP contribution >= 0.6 is 24.0 Å². The van der Waals surface area contributed by atoms with Crippen molar-refractivity contribution in [2.24, 2.45) is 0 Å². The second-order valence-corrected chi connectivity index (χ2v) is 10.2. The Bertz CT molecular complexity index is 1360. The average Bonchev–Trinajstić information content (AvgIpc) is 3.60. The molecule has 2 fully saturated rings. The number of thiocarbonyl (C=S) groups is 1. The lowest BCUT2D eigenvalue weighted by Gasteiger charge is -2.21. The molecule has 5 rings (SSSR count). The lowest BCUT2D eigenvalue weighted by molar-refractivity contribution is -0.385. The van der Waals surface area contributed by atoms with E-state index in [4.69, 9.17) is 22.1 Å². The highest BCUT2D eigenvalue weighted by molar-refractivity contribution is 8.26. The van der Waals surface area contributed by atoms with Gasteiger partial charge in [-0.05, 0) is 56.2 Å². The molecule has 1 saturated carbocycles. The molecule has 1 amide bonds. The lowest BCUT2D eigenvalue weighted by Crippen LogP contribution is -2.36. The molecule has 1 aromatic heterocycles. The van der Waals surface area contributed by atoms with Crippen LogP contribution in [0.5, 0.6) is 5.75 Å². The van der Waals surface area contributed by atoms with Gasteiger partial charge in [-0.25, -0.2) is 4.68 Å². The zero-order valence-corrected chi connectivity index (χ0v) is 21.3. The van der Waals surface area contributed by atoms with Crippen LogP contribution in [0.15, 0.2) is 59.5 Å². The van der Waals surface area contributed by atoms with Crippen molar-refractivity contribution in [3.05, 3.63) is 75.3 Å². The first-order valence-electron chi connectivity index (χ1n) is 11.8. The third kappa shape index (κ3) is 4.66. The molecule has 1 aliphatic carbocycles. The Hall–Kier alpha value is -3.50. The van der Waals surface area contributed by atoms with Crippen LogP contribution < -0.4 is 4.74 Å². The zero-order chi connectivity index (χ0) is 25.2. The smallest absolute Gasteiger partial charge is 0.311 e. The van der Waals surface area contributed by atoms with E-state index in [1.165, 1.54) is 17.8 Å². The Morgan fingerprint density at radius 2 is 1.94 bits per heavy atom. The van der Waals surface area contributed by atoms with Gasteiger partial charge in [0, 0.05) is 17.7 Å². The SMILES string of the molecule is CCOc1ccc(-c2cc(C=C3SC(=S)N(C4CCCC4)C3=O)n(-c3ccccc3)n2)cc1[N+](=O)[O-]. The minimum atomic E-state index is -0.460. The molecule has 36 heavy (non-hydrogen) atoms. The largest absolute Gasteiger partial charge is 0.487 e. The highest BCUT2D eigenvalue weighted by Gasteiger charge is 2.38. The fraction of sp³-hybridized carbons (Fsp3) is 0.269. The van der Waals surface area contributed by atoms with Gasteiger partial charge < -0.3 is 4.74 Å². The van der Waals surface area contributed by atoms with Gasteiger partial charge in [0.25, 0.3) is 5.91 Å². The van der Waals surface area contributed by atoms with Crippen molar-refractivity contribution in [2.75, 3.05) is 6.61 Å². The van der Waals surface area contributed by atoms with Crippen LogP contribution in [0.25, 0.3) is 23.0 Å². The third-order valence-corrected chi connectivity index (χ3v) is 7.61. The van der Waals surface area contributed by atoms with Crippen molar-refractivity contribution in [1.29, 1.82) is 0 Å². The number of benzene rings is 2. The molecule has 2 aromatic carbocycles. The van der Waals surface area contributed by atoms with Gasteiger partial charge in [0.1, 0.15) is 4.32 Å². The van der Waals surface area contributed by atoms with Gasteiger partial charge in [0.05, 0.1) is 33.5 Å². The molecule has 8 nitrogen and oxygen atoms in total. The van der Waals surface area contributed by atoms with Crippen LogP contribution in [0.3, 0.4) is 0 Å². The van der Waals surface area contributed by atoms with Gasteiger partial charge in [0.15, 0.2) is 5.75 Å². The Morgan fingerprint density at radius 3 is 2.64 bits per heavy atom. The Kier molecular flexibility index (Phi) is 6.88. The van der Waals surface area contributed by atoms with Gasteiger partial charge >= 0.3 is 5.69 Å². The van der Waals surface area contributed by atoms with Gasteiger partial charge in [-0.2, -0.15) is 5.10 Å². The monoisotopic (exact) mass is 520 g/mol. The maximum Gasteiger partial charge on any atom is 0.311 e. The number of thioether (sulfide) groups is 1. The molecule has 0 spiro atoms. The van der Waals surface area contributed by atoms with Crippen LogP contribution in [-0.2, 0) is 4.79 Å². The maximum atomic E-state index is 13.3. The minimum Gasteiger partial charge on any atom is -0.487 e. The van der Waals surface area contributed by atoms with E-state index < -0.39 is 4.92 Å². The van der Waals surface area contributed by atoms with Gasteiger partial charge in [-0.1, -0.05) is 55.0 Å². The standard InChI is InChI=1S/C26H24N4O4S2/c1-2-34-23-13-12-17(14-22(23)30(32)33)21-15-20(29(27-21)19-10-4-3-5-11-19)16-24-25(31)28(26(35)36-24)18-8-6-7-9-18/h3-5,10-16,18H,2,6-9H2,1H3. The number of hydrogen-bond acceptors (Lipinski definition) is 7. The van der Waals surface area contributed by atoms with Crippen LogP contribution in [0.1, 0.15) is 38.3 Å². The molecule has 184 valence electrons. The summed E-state index contributed by atoms with van der Waals surface area (Å²) in [5.41, 5.74) is 2.49. The number of nitro groups is 1. The summed E-state index contributed by atoms with van der Waals surface area (Å²) in [6, 6.07) is 16.4. The molecular weight excluding hydrogens is 496 g/mol. The Balaban J connectivity index is 1.57. The molecule has 0 N–H and O–H groups in total. The first-order valence-corrected chi connectivity index (χ1v) is 13.0. The van der Waals surface area contributed by atoms with E-state index in [1.807, 2.05) is 36.4 Å². The fourth-order valence-electron chi connectivity index (χ4n) is 4.60. The number of nitrogens with zero attached hydrogens (tertiary/aromatic N) is 4. The lowest BCUT2D eigenvalue weighted by atomic mass is 10.1. The Labute approximate surface area is 218 Å². The van der Waals surface area contributed by atoms with Crippen LogP contribution in [0.4, 0.5) is 5.69 Å².